The van der Waals surface area contributed by atoms with E-state index in [-0.39, 0.29) is 0 Å². The summed E-state index contributed by atoms with van der Waals surface area (Å²) in [7, 11) is 0. The molecule has 0 amide bonds. The van der Waals surface area contributed by atoms with Gasteiger partial charge in [0.2, 0.25) is 0 Å². The van der Waals surface area contributed by atoms with Crippen LogP contribution in [0.25, 0.3) is 0 Å². The molecule has 1 aliphatic rings. The summed E-state index contributed by atoms with van der Waals surface area (Å²) in [5.41, 5.74) is 1.01. The van der Waals surface area contributed by atoms with Crippen molar-refractivity contribution in [3.8, 4) is 0 Å². The highest BCUT2D eigenvalue weighted by atomic mass is 14.9. The van der Waals surface area contributed by atoms with E-state index in [9.17, 15) is 0 Å². The monoisotopic (exact) mass is 239 g/mol. The number of nitrogens with one attached hydrogen (secondary N) is 1. The minimum absolute atomic E-state index is 0.455. The van der Waals surface area contributed by atoms with Crippen LogP contribution in [0.15, 0.2) is 0 Å². The minimum atomic E-state index is 0.455. The smallest absolute Gasteiger partial charge is 0.00177 e. The fraction of sp³-hybridized carbons (Fsp3) is 1.00. The topological polar surface area (TPSA) is 12.0 Å². The second-order valence-electron chi connectivity index (χ2n) is 7.84. The third-order valence-electron chi connectivity index (χ3n) is 4.48. The van der Waals surface area contributed by atoms with Crippen molar-refractivity contribution in [2.45, 2.75) is 67.2 Å². The molecule has 0 aliphatic heterocycles. The molecule has 0 aromatic rings. The average molecular weight is 239 g/mol. The van der Waals surface area contributed by atoms with Crippen LogP contribution in [0.5, 0.6) is 0 Å². The van der Waals surface area contributed by atoms with Crippen molar-refractivity contribution in [1.29, 1.82) is 0 Å². The zero-order chi connectivity index (χ0) is 13.1. The van der Waals surface area contributed by atoms with Crippen LogP contribution in [0.1, 0.15) is 67.2 Å². The highest BCUT2D eigenvalue weighted by Crippen LogP contribution is 2.48. The summed E-state index contributed by atoms with van der Waals surface area (Å²) in [4.78, 5) is 0. The Hall–Kier alpha value is -0.0400. The summed E-state index contributed by atoms with van der Waals surface area (Å²) >= 11 is 0. The fourth-order valence-corrected chi connectivity index (χ4v) is 3.36. The molecule has 0 spiro atoms. The van der Waals surface area contributed by atoms with Crippen molar-refractivity contribution in [2.75, 3.05) is 13.1 Å². The summed E-state index contributed by atoms with van der Waals surface area (Å²) in [6.07, 6.45) is 5.46. The van der Waals surface area contributed by atoms with E-state index in [1.807, 2.05) is 0 Å². The van der Waals surface area contributed by atoms with Crippen molar-refractivity contribution < 1.29 is 0 Å². The maximum Gasteiger partial charge on any atom is -0.00177 e. The molecule has 1 saturated carbocycles. The molecule has 0 heterocycles. The van der Waals surface area contributed by atoms with Gasteiger partial charge in [-0.2, -0.15) is 0 Å². The molecule has 1 heteroatoms. The van der Waals surface area contributed by atoms with E-state index in [0.29, 0.717) is 10.8 Å². The molecule has 0 bridgehead atoms. The van der Waals surface area contributed by atoms with Crippen molar-refractivity contribution in [3.05, 3.63) is 0 Å². The Morgan fingerprint density at radius 3 is 2.41 bits per heavy atom. The van der Waals surface area contributed by atoms with E-state index in [0.717, 1.165) is 11.8 Å². The normalized spacial score (nSPS) is 29.3. The Labute approximate surface area is 109 Å². The van der Waals surface area contributed by atoms with Crippen LogP contribution >= 0.6 is 0 Å². The Morgan fingerprint density at radius 1 is 1.24 bits per heavy atom. The van der Waals surface area contributed by atoms with E-state index in [4.69, 9.17) is 0 Å². The third kappa shape index (κ3) is 4.62. The third-order valence-corrected chi connectivity index (χ3v) is 4.48. The van der Waals surface area contributed by atoms with Crippen LogP contribution in [-0.4, -0.2) is 13.1 Å². The van der Waals surface area contributed by atoms with E-state index in [2.05, 4.69) is 46.9 Å². The van der Waals surface area contributed by atoms with E-state index in [1.165, 1.54) is 38.8 Å². The van der Waals surface area contributed by atoms with Gasteiger partial charge in [-0.25, -0.2) is 0 Å². The van der Waals surface area contributed by atoms with Crippen LogP contribution in [-0.2, 0) is 0 Å². The molecule has 2 atom stereocenters. The molecule has 0 radical (unpaired) electrons. The zero-order valence-corrected chi connectivity index (χ0v) is 12.9. The van der Waals surface area contributed by atoms with Crippen LogP contribution in [0.3, 0.4) is 0 Å². The second kappa shape index (κ2) is 5.73. The molecular weight excluding hydrogens is 206 g/mol. The largest absolute Gasteiger partial charge is 0.316 e. The van der Waals surface area contributed by atoms with Gasteiger partial charge in [-0.3, -0.25) is 0 Å². The van der Waals surface area contributed by atoms with E-state index in [1.54, 1.807) is 0 Å². The van der Waals surface area contributed by atoms with Gasteiger partial charge < -0.3 is 5.32 Å². The van der Waals surface area contributed by atoms with Gasteiger partial charge in [0.15, 0.2) is 0 Å². The Morgan fingerprint density at radius 2 is 1.88 bits per heavy atom. The number of rotatable bonds is 4. The average Bonchev–Trinajstić information content (AvgIpc) is 2.18. The number of hydrogen-bond donors (Lipinski definition) is 1. The molecule has 1 rings (SSSR count). The first-order valence-corrected chi connectivity index (χ1v) is 7.47. The molecule has 2 unspecified atom stereocenters. The highest BCUT2D eigenvalue weighted by Gasteiger charge is 2.40. The maximum atomic E-state index is 3.63. The predicted molar refractivity (Wildman–Crippen MR) is 77.2 cm³/mol. The van der Waals surface area contributed by atoms with Gasteiger partial charge >= 0.3 is 0 Å². The van der Waals surface area contributed by atoms with Gasteiger partial charge in [-0.15, -0.1) is 0 Å². The SMILES string of the molecule is CCCNCC1CCC(C)(C)CC1C(C)(C)C. The molecule has 1 nitrogen and oxygen atoms in total. The predicted octanol–water partition coefficient (Wildman–Crippen LogP) is 4.47. The first kappa shape index (κ1) is 15.0. The second-order valence-corrected chi connectivity index (χ2v) is 7.84. The maximum absolute atomic E-state index is 3.63. The van der Waals surface area contributed by atoms with E-state index >= 15 is 0 Å². The van der Waals surface area contributed by atoms with Crippen molar-refractivity contribution in [1.82, 2.24) is 5.32 Å². The Kier molecular flexibility index (Phi) is 5.07. The highest BCUT2D eigenvalue weighted by molar-refractivity contribution is 4.91. The van der Waals surface area contributed by atoms with E-state index < -0.39 is 0 Å². The molecule has 1 aliphatic carbocycles. The first-order valence-electron chi connectivity index (χ1n) is 7.47. The number of hydrogen-bond acceptors (Lipinski definition) is 1. The summed E-state index contributed by atoms with van der Waals surface area (Å²) in [6.45, 7) is 16.8. The standard InChI is InChI=1S/C16H33N/c1-7-10-17-12-13-8-9-16(5,6)11-14(13)15(2,3)4/h13-14,17H,7-12H2,1-6H3. The Balaban J connectivity index is 2.61. The summed E-state index contributed by atoms with van der Waals surface area (Å²) < 4.78 is 0. The molecule has 0 aromatic carbocycles. The van der Waals surface area contributed by atoms with Crippen LogP contribution in [0, 0.1) is 22.7 Å². The molecular formula is C16H33N. The fourth-order valence-electron chi connectivity index (χ4n) is 3.36. The summed E-state index contributed by atoms with van der Waals surface area (Å²) in [6, 6.07) is 0. The van der Waals surface area contributed by atoms with Crippen molar-refractivity contribution >= 4 is 0 Å². The van der Waals surface area contributed by atoms with Gasteiger partial charge in [-0.05, 0) is 61.4 Å². The lowest BCUT2D eigenvalue weighted by Crippen LogP contribution is -2.41. The van der Waals surface area contributed by atoms with Crippen LogP contribution in [0.2, 0.25) is 0 Å². The zero-order valence-electron chi connectivity index (χ0n) is 12.9. The van der Waals surface area contributed by atoms with Gasteiger partial charge in [-0.1, -0.05) is 41.5 Å². The van der Waals surface area contributed by atoms with Crippen molar-refractivity contribution in [2.24, 2.45) is 22.7 Å². The molecule has 1 N–H and O–H groups in total. The van der Waals surface area contributed by atoms with Gasteiger partial charge in [0.25, 0.3) is 0 Å². The quantitative estimate of drug-likeness (QED) is 0.714. The first-order chi connectivity index (χ1) is 7.76. The summed E-state index contributed by atoms with van der Waals surface area (Å²) in [5, 5.41) is 3.63. The molecule has 102 valence electrons. The van der Waals surface area contributed by atoms with Crippen LogP contribution < -0.4 is 5.32 Å². The van der Waals surface area contributed by atoms with Gasteiger partial charge in [0, 0.05) is 0 Å². The van der Waals surface area contributed by atoms with Gasteiger partial charge in [0.1, 0.15) is 0 Å². The van der Waals surface area contributed by atoms with Gasteiger partial charge in [0.05, 0.1) is 0 Å². The molecule has 0 aromatic heterocycles. The lowest BCUT2D eigenvalue weighted by Gasteiger charge is -2.47. The molecule has 17 heavy (non-hydrogen) atoms. The van der Waals surface area contributed by atoms with Crippen molar-refractivity contribution in [3.63, 3.8) is 0 Å². The molecule has 1 fully saturated rings. The Bertz CT molecular complexity index is 224. The molecule has 0 saturated heterocycles. The lowest BCUT2D eigenvalue weighted by molar-refractivity contribution is 0.0399. The summed E-state index contributed by atoms with van der Waals surface area (Å²) in [5.74, 6) is 1.75. The van der Waals surface area contributed by atoms with Crippen LogP contribution in [0.4, 0.5) is 0 Å². The lowest BCUT2D eigenvalue weighted by atomic mass is 9.59. The minimum Gasteiger partial charge on any atom is -0.316 e.